The number of carbonyl (C=O) groups is 3. The number of hydrogen-bond acceptors (Lipinski definition) is 6. The molecule has 0 saturated heterocycles. The molecule has 0 spiro atoms. The van der Waals surface area contributed by atoms with Gasteiger partial charge in [0.15, 0.2) is 6.10 Å². The second kappa shape index (κ2) is 55.7. The van der Waals surface area contributed by atoms with Gasteiger partial charge >= 0.3 is 17.9 Å². The molecular weight excluding hydrogens is 853 g/mol. The molecule has 1 atom stereocenters. The first-order valence-electron chi connectivity index (χ1n) is 31.2. The summed E-state index contributed by atoms with van der Waals surface area (Å²) in [4.78, 5) is 38.2. The highest BCUT2D eigenvalue weighted by atomic mass is 16.6. The predicted molar refractivity (Wildman–Crippen MR) is 298 cm³/mol. The van der Waals surface area contributed by atoms with E-state index in [0.717, 1.165) is 69.6 Å². The van der Waals surface area contributed by atoms with Crippen LogP contribution in [-0.2, 0) is 28.6 Å². The molecule has 0 aliphatic heterocycles. The highest BCUT2D eigenvalue weighted by Crippen LogP contribution is 2.19. The van der Waals surface area contributed by atoms with Crippen molar-refractivity contribution in [1.29, 1.82) is 0 Å². The molecule has 0 aromatic heterocycles. The molecule has 0 heterocycles. The topological polar surface area (TPSA) is 78.9 Å². The Morgan fingerprint density at radius 3 is 0.710 bits per heavy atom. The molecule has 0 aromatic rings. The SMILES string of the molecule is CCCCCCCCCCCCCCCCCCCCC(=O)OC[C@@H](COC(=O)CCCCCCCCCCCC(C)C)OC(=O)CCCCCCCCCCCCCCCCCCCCC(C)C. The van der Waals surface area contributed by atoms with Crippen LogP contribution in [-0.4, -0.2) is 37.2 Å². The van der Waals surface area contributed by atoms with Crippen LogP contribution in [0.4, 0.5) is 0 Å². The molecule has 410 valence electrons. The maximum Gasteiger partial charge on any atom is 0.306 e. The highest BCUT2D eigenvalue weighted by molar-refractivity contribution is 5.71. The van der Waals surface area contributed by atoms with Gasteiger partial charge in [0.2, 0.25) is 0 Å². The number of unbranched alkanes of at least 4 members (excludes halogenated alkanes) is 42. The lowest BCUT2D eigenvalue weighted by molar-refractivity contribution is -0.167. The van der Waals surface area contributed by atoms with E-state index in [0.29, 0.717) is 19.3 Å². The van der Waals surface area contributed by atoms with Crippen molar-refractivity contribution in [2.75, 3.05) is 13.2 Å². The zero-order chi connectivity index (χ0) is 50.4. The number of rotatable bonds is 57. The molecule has 6 nitrogen and oxygen atoms in total. The number of ether oxygens (including phenoxy) is 3. The average Bonchev–Trinajstić information content (AvgIpc) is 3.32. The second-order valence-electron chi connectivity index (χ2n) is 22.6. The summed E-state index contributed by atoms with van der Waals surface area (Å²) in [7, 11) is 0. The first-order chi connectivity index (χ1) is 33.7. The van der Waals surface area contributed by atoms with Crippen molar-refractivity contribution in [3.63, 3.8) is 0 Å². The molecule has 0 amide bonds. The number of hydrogen-bond donors (Lipinski definition) is 0. The fourth-order valence-corrected chi connectivity index (χ4v) is 9.76. The molecule has 0 saturated carbocycles. The third-order valence-corrected chi connectivity index (χ3v) is 14.5. The first kappa shape index (κ1) is 67.4. The molecule has 0 bridgehead atoms. The molecule has 0 rings (SSSR count). The van der Waals surface area contributed by atoms with Crippen LogP contribution < -0.4 is 0 Å². The molecule has 0 radical (unpaired) electrons. The summed E-state index contributed by atoms with van der Waals surface area (Å²) in [5, 5.41) is 0. The number of carbonyl (C=O) groups excluding carboxylic acids is 3. The Morgan fingerprint density at radius 1 is 0.275 bits per heavy atom. The minimum atomic E-state index is -0.763. The largest absolute Gasteiger partial charge is 0.462 e. The van der Waals surface area contributed by atoms with Crippen LogP contribution in [0.25, 0.3) is 0 Å². The standard InChI is InChI=1S/C63H122O6/c1-6-7-8-9-10-11-12-13-14-15-19-22-25-28-33-38-43-48-53-61(64)67-56-60(57-68-62(65)54-49-44-39-35-30-32-37-42-47-52-59(4)5)69-63(66)55-50-45-40-34-29-26-23-20-17-16-18-21-24-27-31-36-41-46-51-58(2)3/h58-60H,6-57H2,1-5H3/t60-/m0/s1. The quantitative estimate of drug-likeness (QED) is 0.0343. The Balaban J connectivity index is 4.24. The predicted octanol–water partition coefficient (Wildman–Crippen LogP) is 20.8. The molecule has 0 fully saturated rings. The average molecular weight is 976 g/mol. The van der Waals surface area contributed by atoms with E-state index >= 15 is 0 Å². The van der Waals surface area contributed by atoms with Gasteiger partial charge in [-0.1, -0.05) is 317 Å². The molecule has 0 aliphatic rings. The Morgan fingerprint density at radius 2 is 0.478 bits per heavy atom. The van der Waals surface area contributed by atoms with Crippen LogP contribution in [0.3, 0.4) is 0 Å². The van der Waals surface area contributed by atoms with E-state index in [1.54, 1.807) is 0 Å². The lowest BCUT2D eigenvalue weighted by Gasteiger charge is -2.18. The maximum absolute atomic E-state index is 12.9. The van der Waals surface area contributed by atoms with Gasteiger partial charge in [-0.3, -0.25) is 14.4 Å². The van der Waals surface area contributed by atoms with Gasteiger partial charge in [0.05, 0.1) is 0 Å². The van der Waals surface area contributed by atoms with Crippen LogP contribution in [0.15, 0.2) is 0 Å². The summed E-state index contributed by atoms with van der Waals surface area (Å²) in [5.74, 6) is 0.831. The molecule has 0 unspecified atom stereocenters. The van der Waals surface area contributed by atoms with Gasteiger partial charge in [-0.15, -0.1) is 0 Å². The van der Waals surface area contributed by atoms with Crippen LogP contribution in [0.1, 0.15) is 356 Å². The zero-order valence-electron chi connectivity index (χ0n) is 47.5. The van der Waals surface area contributed by atoms with Crippen molar-refractivity contribution < 1.29 is 28.6 Å². The van der Waals surface area contributed by atoms with Crippen molar-refractivity contribution in [2.45, 2.75) is 362 Å². The Bertz CT molecular complexity index is 1060. The molecule has 6 heteroatoms. The van der Waals surface area contributed by atoms with Gasteiger partial charge < -0.3 is 14.2 Å². The van der Waals surface area contributed by atoms with Gasteiger partial charge in [-0.25, -0.2) is 0 Å². The molecule has 69 heavy (non-hydrogen) atoms. The summed E-state index contributed by atoms with van der Waals surface area (Å²) < 4.78 is 16.9. The van der Waals surface area contributed by atoms with Crippen molar-refractivity contribution in [3.8, 4) is 0 Å². The summed E-state index contributed by atoms with van der Waals surface area (Å²) in [6.07, 6.45) is 61.1. The minimum absolute atomic E-state index is 0.0624. The first-order valence-corrected chi connectivity index (χ1v) is 31.2. The van der Waals surface area contributed by atoms with Crippen molar-refractivity contribution >= 4 is 17.9 Å². The summed E-state index contributed by atoms with van der Waals surface area (Å²) in [5.41, 5.74) is 0. The molecule has 0 aromatic carbocycles. The van der Waals surface area contributed by atoms with E-state index < -0.39 is 6.10 Å². The fraction of sp³-hybridized carbons (Fsp3) is 0.952. The highest BCUT2D eigenvalue weighted by Gasteiger charge is 2.19. The summed E-state index contributed by atoms with van der Waals surface area (Å²) in [6.45, 7) is 11.4. The van der Waals surface area contributed by atoms with Crippen LogP contribution >= 0.6 is 0 Å². The third kappa shape index (κ3) is 57.2. The third-order valence-electron chi connectivity index (χ3n) is 14.5. The smallest absolute Gasteiger partial charge is 0.306 e. The van der Waals surface area contributed by atoms with E-state index in [1.165, 1.54) is 244 Å². The maximum atomic E-state index is 12.9. The summed E-state index contributed by atoms with van der Waals surface area (Å²) in [6, 6.07) is 0. The van der Waals surface area contributed by atoms with E-state index in [1.807, 2.05) is 0 Å². The Labute approximate surface area is 431 Å². The van der Waals surface area contributed by atoms with Crippen molar-refractivity contribution in [3.05, 3.63) is 0 Å². The van der Waals surface area contributed by atoms with Gasteiger partial charge in [0.1, 0.15) is 13.2 Å². The molecule has 0 aliphatic carbocycles. The fourth-order valence-electron chi connectivity index (χ4n) is 9.76. The molecule has 0 N–H and O–H groups in total. The van der Waals surface area contributed by atoms with Gasteiger partial charge in [0.25, 0.3) is 0 Å². The van der Waals surface area contributed by atoms with E-state index in [4.69, 9.17) is 14.2 Å². The van der Waals surface area contributed by atoms with Crippen molar-refractivity contribution in [2.24, 2.45) is 11.8 Å². The molecular formula is C63H122O6. The van der Waals surface area contributed by atoms with Gasteiger partial charge in [-0.05, 0) is 31.1 Å². The zero-order valence-corrected chi connectivity index (χ0v) is 47.5. The Hall–Kier alpha value is -1.59. The van der Waals surface area contributed by atoms with Crippen LogP contribution in [0.2, 0.25) is 0 Å². The normalized spacial score (nSPS) is 12.0. The van der Waals surface area contributed by atoms with Gasteiger partial charge in [-0.2, -0.15) is 0 Å². The van der Waals surface area contributed by atoms with Crippen LogP contribution in [0, 0.1) is 11.8 Å². The van der Waals surface area contributed by atoms with E-state index in [-0.39, 0.29) is 31.1 Å². The minimum Gasteiger partial charge on any atom is -0.462 e. The van der Waals surface area contributed by atoms with Crippen LogP contribution in [0.5, 0.6) is 0 Å². The Kier molecular flexibility index (Phi) is 54.4. The monoisotopic (exact) mass is 975 g/mol. The second-order valence-corrected chi connectivity index (χ2v) is 22.6. The van der Waals surface area contributed by atoms with E-state index in [2.05, 4.69) is 34.6 Å². The van der Waals surface area contributed by atoms with Crippen molar-refractivity contribution in [1.82, 2.24) is 0 Å². The van der Waals surface area contributed by atoms with Gasteiger partial charge in [0, 0.05) is 19.3 Å². The number of esters is 3. The lowest BCUT2D eigenvalue weighted by Crippen LogP contribution is -2.30. The van der Waals surface area contributed by atoms with E-state index in [9.17, 15) is 14.4 Å². The lowest BCUT2D eigenvalue weighted by atomic mass is 10.0. The summed E-state index contributed by atoms with van der Waals surface area (Å²) >= 11 is 0.